The van der Waals surface area contributed by atoms with Gasteiger partial charge in [-0.15, -0.1) is 0 Å². The fourth-order valence-electron chi connectivity index (χ4n) is 3.90. The van der Waals surface area contributed by atoms with Crippen LogP contribution in [-0.4, -0.2) is 40.3 Å². The summed E-state index contributed by atoms with van der Waals surface area (Å²) in [5.41, 5.74) is 0.842. The molecule has 1 unspecified atom stereocenters. The summed E-state index contributed by atoms with van der Waals surface area (Å²) in [7, 11) is -5.36. The summed E-state index contributed by atoms with van der Waals surface area (Å²) in [5, 5.41) is 2.45. The molecule has 2 rings (SSSR count). The van der Waals surface area contributed by atoms with Crippen LogP contribution in [0.4, 0.5) is 0 Å². The molecule has 7 heteroatoms. The van der Waals surface area contributed by atoms with Crippen molar-refractivity contribution in [3.8, 4) is 0 Å². The molecular formula is C28H43O5PSi. The highest BCUT2D eigenvalue weighted by atomic mass is 31.2. The van der Waals surface area contributed by atoms with Crippen LogP contribution in [0.5, 0.6) is 0 Å². The number of rotatable bonds is 13. The molecular weight excluding hydrogens is 475 g/mol. The maximum absolute atomic E-state index is 13.2. The largest absolute Gasteiger partial charge is 0.404 e. The molecule has 2 aromatic rings. The third-order valence-corrected chi connectivity index (χ3v) is 9.74. The summed E-state index contributed by atoms with van der Waals surface area (Å²) in [4.78, 5) is 0. The summed E-state index contributed by atoms with van der Waals surface area (Å²) in [6.45, 7) is 16.2. The van der Waals surface area contributed by atoms with E-state index < -0.39 is 16.6 Å². The van der Waals surface area contributed by atoms with E-state index in [2.05, 4.69) is 75.4 Å². The van der Waals surface area contributed by atoms with Gasteiger partial charge in [0.1, 0.15) is 6.35 Å². The van der Waals surface area contributed by atoms with E-state index in [1.807, 2.05) is 46.8 Å². The van der Waals surface area contributed by atoms with E-state index in [0.29, 0.717) is 0 Å². The normalized spacial score (nSPS) is 14.2. The van der Waals surface area contributed by atoms with Gasteiger partial charge in [-0.3, -0.25) is 4.57 Å². The van der Waals surface area contributed by atoms with Crippen molar-refractivity contribution < 1.29 is 22.8 Å². The summed E-state index contributed by atoms with van der Waals surface area (Å²) in [5.74, 6) is 0. The summed E-state index contributed by atoms with van der Waals surface area (Å²) in [6, 6.07) is 20.9. The highest BCUT2D eigenvalue weighted by molar-refractivity contribution is 7.53. The van der Waals surface area contributed by atoms with E-state index in [-0.39, 0.29) is 36.7 Å². The van der Waals surface area contributed by atoms with Crippen LogP contribution < -0.4 is 10.4 Å². The Kier molecular flexibility index (Phi) is 11.6. The minimum absolute atomic E-state index is 0.101. The predicted octanol–water partition coefficient (Wildman–Crippen LogP) is 5.92. The lowest BCUT2D eigenvalue weighted by Crippen LogP contribution is -2.50. The monoisotopic (exact) mass is 518 g/mol. The van der Waals surface area contributed by atoms with Gasteiger partial charge < -0.3 is 18.2 Å². The second-order valence-corrected chi connectivity index (χ2v) is 14.6. The minimum atomic E-state index is -3.37. The van der Waals surface area contributed by atoms with E-state index >= 15 is 0 Å². The maximum Gasteiger partial charge on any atom is 0.356 e. The van der Waals surface area contributed by atoms with Crippen LogP contribution >= 0.6 is 7.60 Å². The smallest absolute Gasteiger partial charge is 0.356 e. The van der Waals surface area contributed by atoms with Gasteiger partial charge in [0, 0.05) is 0 Å². The van der Waals surface area contributed by atoms with E-state index in [1.54, 1.807) is 0 Å². The molecule has 0 saturated heterocycles. The van der Waals surface area contributed by atoms with Crippen LogP contribution in [0.2, 0.25) is 0 Å². The highest BCUT2D eigenvalue weighted by Gasteiger charge is 2.34. The lowest BCUT2D eigenvalue weighted by atomic mass is 9.84. The molecule has 0 N–H and O–H groups in total. The van der Waals surface area contributed by atoms with Gasteiger partial charge in [0.2, 0.25) is 9.04 Å². The van der Waals surface area contributed by atoms with Crippen molar-refractivity contribution in [2.45, 2.75) is 73.7 Å². The maximum atomic E-state index is 13.2. The number of hydrogen-bond acceptors (Lipinski definition) is 5. The molecule has 0 aliphatic heterocycles. The molecule has 2 aromatic carbocycles. The first-order valence-corrected chi connectivity index (χ1v) is 15.7. The molecule has 0 aliphatic carbocycles. The van der Waals surface area contributed by atoms with Gasteiger partial charge in [0.05, 0.1) is 24.9 Å². The number of ether oxygens (including phenoxy) is 1. The number of hydrogen-bond donors (Lipinski definition) is 0. The molecule has 0 radical (unpaired) electrons. The lowest BCUT2D eigenvalue weighted by molar-refractivity contribution is 0.0812. The molecule has 0 bridgehead atoms. The van der Waals surface area contributed by atoms with Crippen LogP contribution in [0.1, 0.15) is 55.4 Å². The predicted molar refractivity (Wildman–Crippen MR) is 148 cm³/mol. The molecule has 35 heavy (non-hydrogen) atoms. The first-order valence-electron chi connectivity index (χ1n) is 12.4. The Morgan fingerprint density at radius 2 is 1.34 bits per heavy atom. The summed E-state index contributed by atoms with van der Waals surface area (Å²) >= 11 is 0. The van der Waals surface area contributed by atoms with Crippen molar-refractivity contribution in [2.24, 2.45) is 5.41 Å². The van der Waals surface area contributed by atoms with Crippen molar-refractivity contribution in [3.05, 3.63) is 72.3 Å². The van der Waals surface area contributed by atoms with Crippen LogP contribution in [0.15, 0.2) is 72.3 Å². The Labute approximate surface area is 214 Å². The quantitative estimate of drug-likeness (QED) is 0.187. The average molecular weight is 519 g/mol. The second-order valence-electron chi connectivity index (χ2n) is 10.3. The Hall–Kier alpha value is -1.53. The van der Waals surface area contributed by atoms with Crippen LogP contribution in [0.3, 0.4) is 0 Å². The minimum Gasteiger partial charge on any atom is -0.404 e. The van der Waals surface area contributed by atoms with Gasteiger partial charge in [-0.05, 0) is 56.0 Å². The van der Waals surface area contributed by atoms with Gasteiger partial charge in [-0.25, -0.2) is 0 Å². The Balaban J connectivity index is 2.26. The number of allylic oxidation sites excluding steroid dienone is 1. The average Bonchev–Trinajstić information content (AvgIpc) is 2.77. The van der Waals surface area contributed by atoms with Gasteiger partial charge in [0.15, 0.2) is 0 Å². The third-order valence-electron chi connectivity index (χ3n) is 5.23. The fraction of sp³-hybridized carbons (Fsp3) is 0.500. The van der Waals surface area contributed by atoms with Crippen molar-refractivity contribution >= 4 is 27.0 Å². The topological polar surface area (TPSA) is 54.0 Å². The zero-order chi connectivity index (χ0) is 26.1. The lowest BCUT2D eigenvalue weighted by Gasteiger charge is -2.36. The van der Waals surface area contributed by atoms with Crippen LogP contribution in [0, 0.1) is 5.41 Å². The molecule has 5 nitrogen and oxygen atoms in total. The summed E-state index contributed by atoms with van der Waals surface area (Å²) < 4.78 is 37.5. The van der Waals surface area contributed by atoms with Crippen LogP contribution in [0.25, 0.3) is 0 Å². The molecule has 0 aliphatic rings. The molecule has 0 heterocycles. The van der Waals surface area contributed by atoms with E-state index in [0.717, 1.165) is 5.57 Å². The Bertz CT molecular complexity index is 901. The Morgan fingerprint density at radius 1 is 0.886 bits per heavy atom. The summed E-state index contributed by atoms with van der Waals surface area (Å²) in [6.07, 6.45) is 1.32. The van der Waals surface area contributed by atoms with Crippen molar-refractivity contribution in [1.82, 2.24) is 0 Å². The molecule has 0 amide bonds. The van der Waals surface area contributed by atoms with Gasteiger partial charge in [0.25, 0.3) is 0 Å². The third kappa shape index (κ3) is 9.80. The first-order chi connectivity index (χ1) is 16.4. The first kappa shape index (κ1) is 29.7. The zero-order valence-electron chi connectivity index (χ0n) is 22.6. The van der Waals surface area contributed by atoms with Crippen molar-refractivity contribution in [2.75, 3.05) is 13.0 Å². The van der Waals surface area contributed by atoms with E-state index in [9.17, 15) is 4.57 Å². The fourth-order valence-corrected chi connectivity index (χ4v) is 8.37. The van der Waals surface area contributed by atoms with Gasteiger partial charge in [-0.1, -0.05) is 87.5 Å². The standard InChI is InChI=1S/C28H43O5PSi/c1-9-24(20-30-21-34(29,31-22(2)3)32-23(4)5)27(28(6,7)8)33-35(25-16-12-10-13-17-25)26-18-14-11-15-19-26/h9-19,22-23,27,35H,20-21H2,1-8H3/b24-9-. The molecule has 0 aromatic heterocycles. The molecule has 1 atom stereocenters. The zero-order valence-corrected chi connectivity index (χ0v) is 24.6. The van der Waals surface area contributed by atoms with Gasteiger partial charge in [-0.2, -0.15) is 0 Å². The highest BCUT2D eigenvalue weighted by Crippen LogP contribution is 2.50. The van der Waals surface area contributed by atoms with Crippen molar-refractivity contribution in [1.29, 1.82) is 0 Å². The van der Waals surface area contributed by atoms with Gasteiger partial charge >= 0.3 is 7.60 Å². The van der Waals surface area contributed by atoms with Crippen molar-refractivity contribution in [3.63, 3.8) is 0 Å². The molecule has 0 fully saturated rings. The molecule has 0 spiro atoms. The number of benzene rings is 2. The van der Waals surface area contributed by atoms with E-state index in [4.69, 9.17) is 18.2 Å². The van der Waals surface area contributed by atoms with Crippen LogP contribution in [-0.2, 0) is 22.8 Å². The van der Waals surface area contributed by atoms with E-state index in [1.165, 1.54) is 10.4 Å². The Morgan fingerprint density at radius 3 is 1.71 bits per heavy atom. The SMILES string of the molecule is C/C=C(/COCP(=O)(OC(C)C)OC(C)C)C(O[SiH](c1ccccc1)c1ccccc1)C(C)(C)C. The second kappa shape index (κ2) is 13.7. The molecule has 194 valence electrons. The molecule has 0 saturated carbocycles.